The molecule has 0 spiro atoms. The lowest BCUT2D eigenvalue weighted by Gasteiger charge is -2.30. The average Bonchev–Trinajstić information content (AvgIpc) is 3.03. The Bertz CT molecular complexity index is 532. The van der Waals surface area contributed by atoms with Crippen LogP contribution in [0.15, 0.2) is 24.3 Å². The van der Waals surface area contributed by atoms with Gasteiger partial charge in [0.2, 0.25) is 5.91 Å². The zero-order valence-corrected chi connectivity index (χ0v) is 13.1. The lowest BCUT2D eigenvalue weighted by atomic mass is 9.77. The molecule has 1 amide bonds. The predicted octanol–water partition coefficient (Wildman–Crippen LogP) is 2.49. The van der Waals surface area contributed by atoms with Crippen molar-refractivity contribution in [2.24, 2.45) is 0 Å². The topological polar surface area (TPSA) is 75.6 Å². The summed E-state index contributed by atoms with van der Waals surface area (Å²) in [6.45, 7) is 1.76. The van der Waals surface area contributed by atoms with E-state index in [4.69, 9.17) is 9.84 Å². The average molecular weight is 305 g/mol. The Morgan fingerprint density at radius 1 is 1.27 bits per heavy atom. The van der Waals surface area contributed by atoms with Gasteiger partial charge in [-0.15, -0.1) is 0 Å². The molecule has 0 bridgehead atoms. The first-order valence-electron chi connectivity index (χ1n) is 7.72. The molecular formula is C17H23NO4. The zero-order valence-electron chi connectivity index (χ0n) is 13.1. The fraction of sp³-hybridized carbons (Fsp3) is 0.529. The molecule has 1 aliphatic carbocycles. The number of benzene rings is 1. The van der Waals surface area contributed by atoms with Crippen LogP contribution in [0.1, 0.15) is 44.6 Å². The van der Waals surface area contributed by atoms with Gasteiger partial charge in [-0.05, 0) is 37.0 Å². The van der Waals surface area contributed by atoms with Gasteiger partial charge in [0.05, 0.1) is 12.5 Å². The van der Waals surface area contributed by atoms with Gasteiger partial charge in [0, 0.05) is 0 Å². The van der Waals surface area contributed by atoms with Crippen LogP contribution in [0.5, 0.6) is 5.75 Å². The van der Waals surface area contributed by atoms with E-state index >= 15 is 0 Å². The Labute approximate surface area is 130 Å². The molecule has 1 fully saturated rings. The summed E-state index contributed by atoms with van der Waals surface area (Å²) < 4.78 is 5.16. The second-order valence-electron chi connectivity index (χ2n) is 5.79. The lowest BCUT2D eigenvalue weighted by molar-refractivity contribution is -0.142. The van der Waals surface area contributed by atoms with E-state index in [1.807, 2.05) is 24.3 Å². The molecule has 0 radical (unpaired) electrons. The minimum Gasteiger partial charge on any atom is -0.497 e. The van der Waals surface area contributed by atoms with Crippen LogP contribution in [0.2, 0.25) is 0 Å². The first kappa shape index (κ1) is 16.3. The number of carboxylic acids is 1. The normalized spacial score (nSPS) is 17.7. The molecule has 1 aromatic rings. The molecule has 2 N–H and O–H groups in total. The van der Waals surface area contributed by atoms with E-state index in [0.29, 0.717) is 6.42 Å². The summed E-state index contributed by atoms with van der Waals surface area (Å²) >= 11 is 0. The van der Waals surface area contributed by atoms with Crippen LogP contribution in [0.3, 0.4) is 0 Å². The van der Waals surface area contributed by atoms with Crippen LogP contribution in [-0.4, -0.2) is 30.1 Å². The Balaban J connectivity index is 2.27. The molecule has 120 valence electrons. The van der Waals surface area contributed by atoms with Gasteiger partial charge in [-0.2, -0.15) is 0 Å². The summed E-state index contributed by atoms with van der Waals surface area (Å²) in [4.78, 5) is 24.0. The number of ether oxygens (including phenoxy) is 1. The van der Waals surface area contributed by atoms with Crippen LogP contribution in [0.4, 0.5) is 0 Å². The number of methoxy groups -OCH3 is 1. The molecule has 0 saturated heterocycles. The van der Waals surface area contributed by atoms with E-state index in [1.165, 1.54) is 0 Å². The van der Waals surface area contributed by atoms with Gasteiger partial charge in [0.25, 0.3) is 0 Å². The van der Waals surface area contributed by atoms with Gasteiger partial charge in [-0.25, -0.2) is 4.79 Å². The number of hydrogen-bond donors (Lipinski definition) is 2. The van der Waals surface area contributed by atoms with Crippen molar-refractivity contribution in [2.75, 3.05) is 7.11 Å². The van der Waals surface area contributed by atoms with E-state index in [9.17, 15) is 9.59 Å². The summed E-state index contributed by atoms with van der Waals surface area (Å²) in [6.07, 6.45) is 3.83. The van der Waals surface area contributed by atoms with E-state index in [0.717, 1.165) is 37.0 Å². The molecule has 5 nitrogen and oxygen atoms in total. The van der Waals surface area contributed by atoms with Gasteiger partial charge in [0.15, 0.2) is 0 Å². The summed E-state index contributed by atoms with van der Waals surface area (Å²) in [7, 11) is 1.60. The second-order valence-corrected chi connectivity index (χ2v) is 5.79. The Morgan fingerprint density at radius 2 is 1.86 bits per heavy atom. The van der Waals surface area contributed by atoms with Gasteiger partial charge >= 0.3 is 5.97 Å². The maximum absolute atomic E-state index is 12.8. The molecule has 22 heavy (non-hydrogen) atoms. The summed E-state index contributed by atoms with van der Waals surface area (Å²) in [6, 6.07) is 6.67. The highest BCUT2D eigenvalue weighted by Crippen LogP contribution is 2.42. The number of hydrogen-bond acceptors (Lipinski definition) is 3. The lowest BCUT2D eigenvalue weighted by Crippen LogP contribution is -2.49. The molecular weight excluding hydrogens is 282 g/mol. The van der Waals surface area contributed by atoms with Crippen LogP contribution in [0, 0.1) is 0 Å². The monoisotopic (exact) mass is 305 g/mol. The molecule has 1 unspecified atom stereocenters. The van der Waals surface area contributed by atoms with Crippen molar-refractivity contribution in [3.05, 3.63) is 29.8 Å². The molecule has 0 heterocycles. The van der Waals surface area contributed by atoms with Crippen LogP contribution in [0.25, 0.3) is 0 Å². The zero-order chi connectivity index (χ0) is 16.2. The fourth-order valence-electron chi connectivity index (χ4n) is 3.17. The fourth-order valence-corrected chi connectivity index (χ4v) is 3.17. The number of aliphatic carboxylic acids is 1. The molecule has 0 aliphatic heterocycles. The van der Waals surface area contributed by atoms with E-state index in [-0.39, 0.29) is 5.91 Å². The summed E-state index contributed by atoms with van der Waals surface area (Å²) in [5, 5.41) is 11.9. The van der Waals surface area contributed by atoms with Gasteiger partial charge in [0.1, 0.15) is 11.8 Å². The Morgan fingerprint density at radius 3 is 2.32 bits per heavy atom. The molecule has 1 aliphatic rings. The number of nitrogens with one attached hydrogen (secondary N) is 1. The van der Waals surface area contributed by atoms with Gasteiger partial charge in [-0.1, -0.05) is 31.9 Å². The van der Waals surface area contributed by atoms with E-state index < -0.39 is 17.4 Å². The molecule has 1 saturated carbocycles. The molecule has 0 aromatic heterocycles. The Kier molecular flexibility index (Phi) is 5.06. The van der Waals surface area contributed by atoms with E-state index in [2.05, 4.69) is 5.32 Å². The molecule has 5 heteroatoms. The predicted molar refractivity (Wildman–Crippen MR) is 83.0 cm³/mol. The maximum Gasteiger partial charge on any atom is 0.326 e. The smallest absolute Gasteiger partial charge is 0.326 e. The Hall–Kier alpha value is -2.04. The molecule has 1 atom stereocenters. The van der Waals surface area contributed by atoms with E-state index in [1.54, 1.807) is 14.0 Å². The minimum absolute atomic E-state index is 0.176. The van der Waals surface area contributed by atoms with Crippen LogP contribution < -0.4 is 10.1 Å². The summed E-state index contributed by atoms with van der Waals surface area (Å²) in [5.74, 6) is -0.419. The van der Waals surface area contributed by atoms with Crippen molar-refractivity contribution in [3.63, 3.8) is 0 Å². The highest BCUT2D eigenvalue weighted by Gasteiger charge is 2.43. The highest BCUT2D eigenvalue weighted by molar-refractivity contribution is 5.91. The van der Waals surface area contributed by atoms with Crippen molar-refractivity contribution in [2.45, 2.75) is 50.5 Å². The third-order valence-electron chi connectivity index (χ3n) is 4.55. The van der Waals surface area contributed by atoms with Crippen molar-refractivity contribution < 1.29 is 19.4 Å². The van der Waals surface area contributed by atoms with Crippen molar-refractivity contribution in [1.82, 2.24) is 5.32 Å². The van der Waals surface area contributed by atoms with Crippen LogP contribution >= 0.6 is 0 Å². The first-order valence-corrected chi connectivity index (χ1v) is 7.72. The van der Waals surface area contributed by atoms with Crippen molar-refractivity contribution >= 4 is 11.9 Å². The number of amides is 1. The number of carbonyl (C=O) groups excluding carboxylic acids is 1. The van der Waals surface area contributed by atoms with Crippen LogP contribution in [-0.2, 0) is 15.0 Å². The first-order chi connectivity index (χ1) is 10.5. The SMILES string of the molecule is CCC(NC(=O)C1(c2ccc(OC)cc2)CCCC1)C(=O)O. The highest BCUT2D eigenvalue weighted by atomic mass is 16.5. The summed E-state index contributed by atoms with van der Waals surface area (Å²) in [5.41, 5.74) is 0.318. The minimum atomic E-state index is -0.987. The number of rotatable bonds is 6. The third kappa shape index (κ3) is 3.08. The second kappa shape index (κ2) is 6.81. The van der Waals surface area contributed by atoms with Gasteiger partial charge < -0.3 is 15.2 Å². The quantitative estimate of drug-likeness (QED) is 0.846. The van der Waals surface area contributed by atoms with Gasteiger partial charge in [-0.3, -0.25) is 4.79 Å². The van der Waals surface area contributed by atoms with Crippen molar-refractivity contribution in [1.29, 1.82) is 0 Å². The third-order valence-corrected chi connectivity index (χ3v) is 4.55. The standard InChI is InChI=1S/C17H23NO4/c1-3-14(15(19)20)18-16(21)17(10-4-5-11-17)12-6-8-13(22-2)9-7-12/h6-9,14H,3-5,10-11H2,1-2H3,(H,18,21)(H,19,20). The number of carbonyl (C=O) groups is 2. The number of carboxylic acid groups (broad SMARTS) is 1. The maximum atomic E-state index is 12.8. The molecule has 1 aromatic carbocycles. The molecule has 2 rings (SSSR count). The largest absolute Gasteiger partial charge is 0.497 e. The van der Waals surface area contributed by atoms with Crippen molar-refractivity contribution in [3.8, 4) is 5.75 Å².